The number of nitrogen functional groups attached to an aromatic ring is 1. The number of benzene rings is 1. The first-order valence-corrected chi connectivity index (χ1v) is 8.76. The molecule has 1 amide bonds. The molecule has 0 aliphatic carbocycles. The number of rotatable bonds is 3. The summed E-state index contributed by atoms with van der Waals surface area (Å²) < 4.78 is 42.7. The van der Waals surface area contributed by atoms with Crippen molar-refractivity contribution in [3.8, 4) is 16.9 Å². The number of fused-ring (bicyclic) bond motifs is 1. The molecule has 6 nitrogen and oxygen atoms in total. The molecule has 0 atom stereocenters. The average Bonchev–Trinajstić information content (AvgIpc) is 3.29. The normalized spacial score (nSPS) is 11.8. The molecule has 1 aromatic carbocycles. The molecule has 4 N–H and O–H groups in total. The van der Waals surface area contributed by atoms with Gasteiger partial charge in [-0.25, -0.2) is 9.97 Å². The Balaban J connectivity index is 1.89. The zero-order valence-corrected chi connectivity index (χ0v) is 14.9. The van der Waals surface area contributed by atoms with Gasteiger partial charge in [0.25, 0.3) is 5.91 Å². The van der Waals surface area contributed by atoms with Crippen molar-refractivity contribution in [3.63, 3.8) is 0 Å². The van der Waals surface area contributed by atoms with E-state index in [1.807, 2.05) is 0 Å². The van der Waals surface area contributed by atoms with Crippen LogP contribution in [-0.2, 0) is 6.18 Å². The number of pyridine rings is 1. The minimum atomic E-state index is -4.67. The minimum absolute atomic E-state index is 0.00908. The number of nitrogens with zero attached hydrogens (tertiary/aromatic N) is 3. The predicted octanol–water partition coefficient (Wildman–Crippen LogP) is 3.85. The summed E-state index contributed by atoms with van der Waals surface area (Å²) in [6.07, 6.45) is 0.315. The molecule has 0 radical (unpaired) electrons. The second-order valence-corrected chi connectivity index (χ2v) is 6.96. The fraction of sp³-hybridized carbons (Fsp3) is 0.0556. The molecule has 4 rings (SSSR count). The molecule has 28 heavy (non-hydrogen) atoms. The number of carbonyl (C=O) groups excluding carboxylic acids is 1. The van der Waals surface area contributed by atoms with E-state index >= 15 is 0 Å². The summed E-state index contributed by atoms with van der Waals surface area (Å²) >= 11 is 0.749. The summed E-state index contributed by atoms with van der Waals surface area (Å²) in [5, 5.41) is -0.301. The largest absolute Gasteiger partial charge is 0.417 e. The van der Waals surface area contributed by atoms with E-state index < -0.39 is 17.6 Å². The van der Waals surface area contributed by atoms with Gasteiger partial charge in [0.05, 0.1) is 23.3 Å². The summed E-state index contributed by atoms with van der Waals surface area (Å²) in [5.74, 6) is -0.889. The van der Waals surface area contributed by atoms with Gasteiger partial charge in [-0.2, -0.15) is 13.2 Å². The standard InChI is InChI=1S/C18H12F3N5OS/c19-18(20,21)11-7-12(25-17-13(11)14(22)15(28-17)16(23)27)9-1-3-10(4-2-9)26-6-5-24-8-26/h1-8H,22H2,(H2,23,27). The maximum atomic E-state index is 13.6. The first-order chi connectivity index (χ1) is 13.3. The van der Waals surface area contributed by atoms with E-state index in [4.69, 9.17) is 11.5 Å². The van der Waals surface area contributed by atoms with Crippen LogP contribution in [-0.4, -0.2) is 20.4 Å². The van der Waals surface area contributed by atoms with Crippen LogP contribution in [0.5, 0.6) is 0 Å². The molecule has 0 fully saturated rings. The van der Waals surface area contributed by atoms with Crippen LogP contribution >= 0.6 is 11.3 Å². The molecule has 0 bridgehead atoms. The monoisotopic (exact) mass is 403 g/mol. The third-order valence-corrected chi connectivity index (χ3v) is 5.31. The Morgan fingerprint density at radius 2 is 1.89 bits per heavy atom. The fourth-order valence-electron chi connectivity index (χ4n) is 2.89. The van der Waals surface area contributed by atoms with Crippen molar-refractivity contribution in [1.29, 1.82) is 0 Å². The highest BCUT2D eigenvalue weighted by Crippen LogP contribution is 2.43. The van der Waals surface area contributed by atoms with E-state index in [-0.39, 0.29) is 26.5 Å². The van der Waals surface area contributed by atoms with Gasteiger partial charge in [-0.1, -0.05) is 12.1 Å². The molecular formula is C18H12F3N5OS. The predicted molar refractivity (Wildman–Crippen MR) is 100 cm³/mol. The van der Waals surface area contributed by atoms with Gasteiger partial charge in [0.15, 0.2) is 0 Å². The highest BCUT2D eigenvalue weighted by atomic mass is 32.1. The number of hydrogen-bond donors (Lipinski definition) is 2. The Bertz CT molecular complexity index is 1180. The second kappa shape index (κ2) is 6.34. The third kappa shape index (κ3) is 2.97. The van der Waals surface area contributed by atoms with Crippen LogP contribution < -0.4 is 11.5 Å². The maximum absolute atomic E-state index is 13.6. The lowest BCUT2D eigenvalue weighted by Crippen LogP contribution is -2.11. The van der Waals surface area contributed by atoms with Crippen LogP contribution in [0, 0.1) is 0 Å². The van der Waals surface area contributed by atoms with E-state index in [2.05, 4.69) is 9.97 Å². The van der Waals surface area contributed by atoms with Gasteiger partial charge in [-0.15, -0.1) is 11.3 Å². The number of primary amides is 1. The molecule has 0 saturated carbocycles. The van der Waals surface area contributed by atoms with E-state index in [1.165, 1.54) is 0 Å². The van der Waals surface area contributed by atoms with Crippen LogP contribution in [0.3, 0.4) is 0 Å². The molecule has 0 aliphatic rings. The van der Waals surface area contributed by atoms with Crippen molar-refractivity contribution < 1.29 is 18.0 Å². The molecule has 0 spiro atoms. The van der Waals surface area contributed by atoms with E-state index in [9.17, 15) is 18.0 Å². The Hall–Kier alpha value is -3.40. The number of aromatic nitrogens is 3. The van der Waals surface area contributed by atoms with Crippen LogP contribution in [0.15, 0.2) is 49.1 Å². The van der Waals surface area contributed by atoms with Gasteiger partial charge in [0.2, 0.25) is 0 Å². The van der Waals surface area contributed by atoms with Gasteiger partial charge >= 0.3 is 6.18 Å². The molecule has 4 aromatic rings. The quantitative estimate of drug-likeness (QED) is 0.543. The maximum Gasteiger partial charge on any atom is 0.417 e. The second-order valence-electron chi connectivity index (χ2n) is 5.96. The average molecular weight is 403 g/mol. The van der Waals surface area contributed by atoms with Crippen molar-refractivity contribution >= 4 is 33.1 Å². The number of alkyl halides is 3. The molecule has 0 aliphatic heterocycles. The zero-order valence-electron chi connectivity index (χ0n) is 14.1. The number of nitrogens with two attached hydrogens (primary N) is 2. The van der Waals surface area contributed by atoms with Crippen LogP contribution in [0.1, 0.15) is 15.2 Å². The summed E-state index contributed by atoms with van der Waals surface area (Å²) in [6.45, 7) is 0. The van der Waals surface area contributed by atoms with Crippen LogP contribution in [0.25, 0.3) is 27.2 Å². The topological polar surface area (TPSA) is 99.8 Å². The first kappa shape index (κ1) is 18.0. The number of thiophene rings is 1. The Morgan fingerprint density at radius 1 is 1.18 bits per heavy atom. The van der Waals surface area contributed by atoms with Crippen LogP contribution in [0.2, 0.25) is 0 Å². The summed E-state index contributed by atoms with van der Waals surface area (Å²) in [5.41, 5.74) is 11.1. The molecule has 10 heteroatoms. The smallest absolute Gasteiger partial charge is 0.397 e. The third-order valence-electron chi connectivity index (χ3n) is 4.19. The highest BCUT2D eigenvalue weighted by Gasteiger charge is 2.36. The first-order valence-electron chi connectivity index (χ1n) is 7.94. The molecular weight excluding hydrogens is 391 g/mol. The Morgan fingerprint density at radius 3 is 2.46 bits per heavy atom. The lowest BCUT2D eigenvalue weighted by Gasteiger charge is -2.11. The van der Waals surface area contributed by atoms with Crippen LogP contribution in [0.4, 0.5) is 18.9 Å². The number of amides is 1. The lowest BCUT2D eigenvalue weighted by atomic mass is 10.0. The molecule has 3 heterocycles. The van der Waals surface area contributed by atoms with Gasteiger partial charge < -0.3 is 16.0 Å². The van der Waals surface area contributed by atoms with E-state index in [0.717, 1.165) is 23.1 Å². The molecule has 0 unspecified atom stereocenters. The Kier molecular flexibility index (Phi) is 4.07. The van der Waals surface area contributed by atoms with Crippen molar-refractivity contribution in [2.24, 2.45) is 5.73 Å². The van der Waals surface area contributed by atoms with Gasteiger partial charge in [0, 0.05) is 29.0 Å². The van der Waals surface area contributed by atoms with Crippen molar-refractivity contribution in [1.82, 2.24) is 14.5 Å². The summed E-state index contributed by atoms with van der Waals surface area (Å²) in [7, 11) is 0. The minimum Gasteiger partial charge on any atom is -0.397 e. The van der Waals surface area contributed by atoms with Gasteiger partial charge in [0.1, 0.15) is 9.71 Å². The fourth-order valence-corrected chi connectivity index (χ4v) is 3.86. The number of hydrogen-bond acceptors (Lipinski definition) is 5. The van der Waals surface area contributed by atoms with Crippen molar-refractivity contribution in [2.75, 3.05) is 5.73 Å². The van der Waals surface area contributed by atoms with Gasteiger partial charge in [-0.05, 0) is 18.2 Å². The number of halogens is 3. The van der Waals surface area contributed by atoms with Crippen molar-refractivity contribution in [2.45, 2.75) is 6.18 Å². The number of carbonyl (C=O) groups is 1. The van der Waals surface area contributed by atoms with Gasteiger partial charge in [-0.3, -0.25) is 4.79 Å². The number of anilines is 1. The molecule has 3 aromatic heterocycles. The van der Waals surface area contributed by atoms with E-state index in [0.29, 0.717) is 5.56 Å². The van der Waals surface area contributed by atoms with Crippen molar-refractivity contribution in [3.05, 3.63) is 59.5 Å². The molecule has 142 valence electrons. The lowest BCUT2D eigenvalue weighted by molar-refractivity contribution is -0.136. The zero-order chi connectivity index (χ0) is 20.1. The SMILES string of the molecule is NC(=O)c1sc2nc(-c3ccc(-n4ccnc4)cc3)cc(C(F)(F)F)c2c1N. The molecule has 0 saturated heterocycles. The highest BCUT2D eigenvalue weighted by molar-refractivity contribution is 7.21. The van der Waals surface area contributed by atoms with E-state index in [1.54, 1.807) is 47.6 Å². The number of imidazole rings is 1. The Labute approximate surface area is 160 Å². The summed E-state index contributed by atoms with van der Waals surface area (Å²) in [4.78, 5) is 19.6. The summed E-state index contributed by atoms with van der Waals surface area (Å²) in [6, 6.07) is 7.75.